The largest absolute Gasteiger partial charge is 0.390 e. The van der Waals surface area contributed by atoms with Crippen molar-refractivity contribution in [2.45, 2.75) is 31.5 Å². The fourth-order valence-electron chi connectivity index (χ4n) is 1.92. The Morgan fingerprint density at radius 1 is 1.15 bits per heavy atom. The molecule has 0 spiro atoms. The molecule has 0 unspecified atom stereocenters. The monoisotopic (exact) mass is 178 g/mol. The van der Waals surface area contributed by atoms with Gasteiger partial charge in [-0.05, 0) is 30.4 Å². The molecule has 2 nitrogen and oxygen atoms in total. The molecule has 2 N–H and O–H groups in total. The van der Waals surface area contributed by atoms with Crippen LogP contribution in [0.15, 0.2) is 24.3 Å². The Morgan fingerprint density at radius 2 is 1.92 bits per heavy atom. The zero-order valence-electron chi connectivity index (χ0n) is 7.48. The van der Waals surface area contributed by atoms with Crippen LogP contribution < -0.4 is 0 Å². The van der Waals surface area contributed by atoms with Gasteiger partial charge in [0.15, 0.2) is 0 Å². The standard InChI is InChI=1S/C11H14O2/c12-10-7-3-5-8-4-1-2-6-9(8)11(10)13/h1-2,4,6,10-13H,3,5,7H2/t10-,11+/m0/s1. The number of aliphatic hydroxyl groups excluding tert-OH is 2. The van der Waals surface area contributed by atoms with Crippen molar-refractivity contribution in [3.05, 3.63) is 35.4 Å². The molecule has 2 heteroatoms. The highest BCUT2D eigenvalue weighted by molar-refractivity contribution is 5.30. The first-order chi connectivity index (χ1) is 6.29. The van der Waals surface area contributed by atoms with Crippen LogP contribution in [0.3, 0.4) is 0 Å². The summed E-state index contributed by atoms with van der Waals surface area (Å²) in [6.07, 6.45) is 1.32. The van der Waals surface area contributed by atoms with Crippen molar-refractivity contribution in [1.29, 1.82) is 0 Å². The topological polar surface area (TPSA) is 40.5 Å². The predicted molar refractivity (Wildman–Crippen MR) is 50.3 cm³/mol. The van der Waals surface area contributed by atoms with Gasteiger partial charge in [0, 0.05) is 0 Å². The van der Waals surface area contributed by atoms with Crippen molar-refractivity contribution < 1.29 is 10.2 Å². The summed E-state index contributed by atoms with van der Waals surface area (Å²) in [4.78, 5) is 0. The third-order valence-electron chi connectivity index (χ3n) is 2.68. The highest BCUT2D eigenvalue weighted by Gasteiger charge is 2.23. The molecule has 0 amide bonds. The zero-order chi connectivity index (χ0) is 9.26. The summed E-state index contributed by atoms with van der Waals surface area (Å²) in [6, 6.07) is 7.80. The Hall–Kier alpha value is -0.860. The summed E-state index contributed by atoms with van der Waals surface area (Å²) >= 11 is 0. The Bertz CT molecular complexity index is 296. The average molecular weight is 178 g/mol. The van der Waals surface area contributed by atoms with E-state index in [0.717, 1.165) is 18.4 Å². The lowest BCUT2D eigenvalue weighted by atomic mass is 10.0. The SMILES string of the molecule is O[C@@H]1c2ccccc2CCC[C@@H]1O. The molecule has 1 aromatic carbocycles. The van der Waals surface area contributed by atoms with Gasteiger partial charge in [-0.1, -0.05) is 24.3 Å². The fourth-order valence-corrected chi connectivity index (χ4v) is 1.92. The van der Waals surface area contributed by atoms with Crippen LogP contribution in [-0.4, -0.2) is 16.3 Å². The van der Waals surface area contributed by atoms with Crippen molar-refractivity contribution in [1.82, 2.24) is 0 Å². The average Bonchev–Trinajstić information content (AvgIpc) is 2.29. The number of hydrogen-bond donors (Lipinski definition) is 2. The van der Waals surface area contributed by atoms with Crippen LogP contribution in [0.2, 0.25) is 0 Å². The van der Waals surface area contributed by atoms with Crippen LogP contribution in [0.4, 0.5) is 0 Å². The number of aliphatic hydroxyl groups is 2. The molecule has 0 aromatic heterocycles. The minimum absolute atomic E-state index is 0.594. The van der Waals surface area contributed by atoms with E-state index in [9.17, 15) is 10.2 Å². The van der Waals surface area contributed by atoms with E-state index in [-0.39, 0.29) is 0 Å². The van der Waals surface area contributed by atoms with Crippen LogP contribution in [0.5, 0.6) is 0 Å². The third kappa shape index (κ3) is 1.60. The molecule has 0 fully saturated rings. The Balaban J connectivity index is 2.40. The van der Waals surface area contributed by atoms with E-state index >= 15 is 0 Å². The van der Waals surface area contributed by atoms with E-state index in [0.29, 0.717) is 6.42 Å². The van der Waals surface area contributed by atoms with Crippen molar-refractivity contribution >= 4 is 0 Å². The van der Waals surface area contributed by atoms with Crippen molar-refractivity contribution in [3.63, 3.8) is 0 Å². The maximum atomic E-state index is 9.76. The molecule has 2 atom stereocenters. The van der Waals surface area contributed by atoms with Crippen LogP contribution in [0, 0.1) is 0 Å². The number of hydrogen-bond acceptors (Lipinski definition) is 2. The van der Waals surface area contributed by atoms with E-state index in [2.05, 4.69) is 0 Å². The Labute approximate surface area is 77.8 Å². The van der Waals surface area contributed by atoms with Crippen molar-refractivity contribution in [3.8, 4) is 0 Å². The predicted octanol–water partition coefficient (Wildman–Crippen LogP) is 1.42. The molecule has 1 aliphatic carbocycles. The maximum absolute atomic E-state index is 9.76. The van der Waals surface area contributed by atoms with Crippen LogP contribution >= 0.6 is 0 Å². The summed E-state index contributed by atoms with van der Waals surface area (Å²) in [6.45, 7) is 0. The molecule has 0 saturated heterocycles. The Kier molecular flexibility index (Phi) is 2.34. The molecule has 0 heterocycles. The lowest BCUT2D eigenvalue weighted by Crippen LogP contribution is -2.16. The fraction of sp³-hybridized carbons (Fsp3) is 0.455. The van der Waals surface area contributed by atoms with E-state index < -0.39 is 12.2 Å². The van der Waals surface area contributed by atoms with Gasteiger partial charge in [-0.15, -0.1) is 0 Å². The molecule has 0 saturated carbocycles. The maximum Gasteiger partial charge on any atom is 0.105 e. The smallest absolute Gasteiger partial charge is 0.105 e. The number of rotatable bonds is 0. The van der Waals surface area contributed by atoms with Crippen LogP contribution in [0.1, 0.15) is 30.1 Å². The third-order valence-corrected chi connectivity index (χ3v) is 2.68. The van der Waals surface area contributed by atoms with Gasteiger partial charge in [-0.2, -0.15) is 0 Å². The first-order valence-corrected chi connectivity index (χ1v) is 4.73. The second-order valence-corrected chi connectivity index (χ2v) is 3.60. The van der Waals surface area contributed by atoms with Gasteiger partial charge in [0.25, 0.3) is 0 Å². The minimum Gasteiger partial charge on any atom is -0.390 e. The highest BCUT2D eigenvalue weighted by atomic mass is 16.3. The first-order valence-electron chi connectivity index (χ1n) is 4.73. The molecule has 0 radical (unpaired) electrons. The number of benzene rings is 1. The van der Waals surface area contributed by atoms with Gasteiger partial charge in [-0.25, -0.2) is 0 Å². The molecule has 0 bridgehead atoms. The molecule has 1 aromatic rings. The molecule has 13 heavy (non-hydrogen) atoms. The van der Waals surface area contributed by atoms with Crippen molar-refractivity contribution in [2.24, 2.45) is 0 Å². The second-order valence-electron chi connectivity index (χ2n) is 3.60. The second kappa shape index (κ2) is 3.48. The van der Waals surface area contributed by atoms with Gasteiger partial charge in [0.1, 0.15) is 6.10 Å². The summed E-state index contributed by atoms with van der Waals surface area (Å²) in [7, 11) is 0. The zero-order valence-corrected chi connectivity index (χ0v) is 7.48. The Morgan fingerprint density at radius 3 is 2.77 bits per heavy atom. The van der Waals surface area contributed by atoms with Gasteiger partial charge < -0.3 is 10.2 Å². The molecule has 70 valence electrons. The highest BCUT2D eigenvalue weighted by Crippen LogP contribution is 2.28. The van der Waals surface area contributed by atoms with E-state index in [1.807, 2.05) is 24.3 Å². The van der Waals surface area contributed by atoms with Gasteiger partial charge in [0.2, 0.25) is 0 Å². The molecular formula is C11H14O2. The molecule has 2 rings (SSSR count). The number of aryl methyl sites for hydroxylation is 1. The van der Waals surface area contributed by atoms with Crippen LogP contribution in [0.25, 0.3) is 0 Å². The molecule has 0 aliphatic heterocycles. The number of fused-ring (bicyclic) bond motifs is 1. The summed E-state index contributed by atoms with van der Waals surface area (Å²) in [5.74, 6) is 0. The van der Waals surface area contributed by atoms with Gasteiger partial charge in [-0.3, -0.25) is 0 Å². The van der Waals surface area contributed by atoms with Crippen LogP contribution in [-0.2, 0) is 6.42 Å². The summed E-state index contributed by atoms with van der Waals surface area (Å²) in [5.41, 5.74) is 2.07. The summed E-state index contributed by atoms with van der Waals surface area (Å²) in [5, 5.41) is 19.3. The lowest BCUT2D eigenvalue weighted by Gasteiger charge is -2.16. The first kappa shape index (κ1) is 8.73. The van der Waals surface area contributed by atoms with E-state index in [1.54, 1.807) is 0 Å². The minimum atomic E-state index is -0.696. The van der Waals surface area contributed by atoms with Gasteiger partial charge in [0.05, 0.1) is 6.10 Å². The van der Waals surface area contributed by atoms with E-state index in [1.165, 1.54) is 5.56 Å². The van der Waals surface area contributed by atoms with Crippen molar-refractivity contribution in [2.75, 3.05) is 0 Å². The molecular weight excluding hydrogens is 164 g/mol. The van der Waals surface area contributed by atoms with Gasteiger partial charge >= 0.3 is 0 Å². The lowest BCUT2D eigenvalue weighted by molar-refractivity contribution is 0.0153. The summed E-state index contributed by atoms with van der Waals surface area (Å²) < 4.78 is 0. The quantitative estimate of drug-likeness (QED) is 0.590. The molecule has 1 aliphatic rings. The van der Waals surface area contributed by atoms with E-state index in [4.69, 9.17) is 0 Å². The normalized spacial score (nSPS) is 27.8.